The van der Waals surface area contributed by atoms with Gasteiger partial charge in [0, 0.05) is 12.6 Å². The van der Waals surface area contributed by atoms with Crippen LogP contribution in [-0.2, 0) is 6.54 Å². The second kappa shape index (κ2) is 5.31. The van der Waals surface area contributed by atoms with Crippen molar-refractivity contribution in [2.45, 2.75) is 51.6 Å². The van der Waals surface area contributed by atoms with Gasteiger partial charge in [-0.15, -0.1) is 0 Å². The maximum Gasteiger partial charge on any atom is 0.180 e. The highest BCUT2D eigenvalue weighted by Crippen LogP contribution is 2.26. The highest BCUT2D eigenvalue weighted by Gasteiger charge is 2.20. The van der Waals surface area contributed by atoms with E-state index in [-0.39, 0.29) is 0 Å². The van der Waals surface area contributed by atoms with E-state index in [0.29, 0.717) is 6.04 Å². The molecule has 3 heteroatoms. The molecule has 2 rings (SSSR count). The maximum atomic E-state index is 4.95. The average Bonchev–Trinajstić information content (AvgIpc) is 2.79. The number of rotatable bonds is 4. The second-order valence-corrected chi connectivity index (χ2v) is 4.50. The van der Waals surface area contributed by atoms with Crippen molar-refractivity contribution in [3.63, 3.8) is 0 Å². The topological polar surface area (TPSA) is 38.1 Å². The van der Waals surface area contributed by atoms with Crippen LogP contribution in [0.5, 0.6) is 0 Å². The van der Waals surface area contributed by atoms with Crippen molar-refractivity contribution in [2.75, 3.05) is 0 Å². The highest BCUT2D eigenvalue weighted by atomic mass is 16.3. The minimum atomic E-state index is 0.681. The van der Waals surface area contributed by atoms with E-state index in [4.69, 9.17) is 4.42 Å². The van der Waals surface area contributed by atoms with Gasteiger partial charge in [-0.3, -0.25) is 0 Å². The molecule has 0 aromatic carbocycles. The average molecular weight is 208 g/mol. The zero-order valence-electron chi connectivity index (χ0n) is 9.41. The number of aromatic nitrogens is 1. The van der Waals surface area contributed by atoms with Crippen molar-refractivity contribution in [2.24, 2.45) is 5.92 Å². The van der Waals surface area contributed by atoms with Crippen LogP contribution in [0.2, 0.25) is 0 Å². The summed E-state index contributed by atoms with van der Waals surface area (Å²) in [4.78, 5) is 4.11. The van der Waals surface area contributed by atoms with E-state index in [1.165, 1.54) is 38.5 Å². The lowest BCUT2D eigenvalue weighted by atomic mass is 9.84. The Labute approximate surface area is 91.3 Å². The molecule has 0 bridgehead atoms. The van der Waals surface area contributed by atoms with Gasteiger partial charge in [-0.25, -0.2) is 4.98 Å². The first-order valence-electron chi connectivity index (χ1n) is 5.99. The van der Waals surface area contributed by atoms with Crippen molar-refractivity contribution in [1.29, 1.82) is 0 Å². The summed E-state index contributed by atoms with van der Waals surface area (Å²) in [6, 6.07) is 0.681. The molecule has 1 saturated carbocycles. The lowest BCUT2D eigenvalue weighted by Crippen LogP contribution is -2.33. The third-order valence-corrected chi connectivity index (χ3v) is 3.42. The third kappa shape index (κ3) is 3.06. The standard InChI is InChI=1S/C12H20N2O/c1-2-10-4-3-5-11(6-10)13-7-12-8-15-9-14-12/h8-11,13H,2-7H2,1H3. The first-order valence-corrected chi connectivity index (χ1v) is 5.99. The molecule has 0 aliphatic heterocycles. The van der Waals surface area contributed by atoms with Crippen LogP contribution < -0.4 is 5.32 Å². The summed E-state index contributed by atoms with van der Waals surface area (Å²) in [5, 5.41) is 3.57. The summed E-state index contributed by atoms with van der Waals surface area (Å²) < 4.78 is 4.95. The highest BCUT2D eigenvalue weighted by molar-refractivity contribution is 4.91. The fourth-order valence-corrected chi connectivity index (χ4v) is 2.42. The first-order chi connectivity index (χ1) is 7.38. The molecule has 2 unspecified atom stereocenters. The largest absolute Gasteiger partial charge is 0.451 e. The Kier molecular flexibility index (Phi) is 3.78. The molecule has 1 aromatic rings. The van der Waals surface area contributed by atoms with Gasteiger partial charge in [0.1, 0.15) is 6.26 Å². The van der Waals surface area contributed by atoms with Gasteiger partial charge >= 0.3 is 0 Å². The van der Waals surface area contributed by atoms with E-state index in [9.17, 15) is 0 Å². The van der Waals surface area contributed by atoms with Gasteiger partial charge in [0.05, 0.1) is 5.69 Å². The lowest BCUT2D eigenvalue weighted by Gasteiger charge is -2.28. The van der Waals surface area contributed by atoms with Crippen molar-refractivity contribution in [3.8, 4) is 0 Å². The normalized spacial score (nSPS) is 26.7. The molecule has 2 atom stereocenters. The molecule has 84 valence electrons. The van der Waals surface area contributed by atoms with E-state index in [1.54, 1.807) is 6.26 Å². The molecule has 0 spiro atoms. The molecular formula is C12H20N2O. The van der Waals surface area contributed by atoms with Crippen LogP contribution in [0, 0.1) is 5.92 Å². The van der Waals surface area contributed by atoms with E-state index in [0.717, 1.165) is 18.2 Å². The Morgan fingerprint density at radius 1 is 1.53 bits per heavy atom. The van der Waals surface area contributed by atoms with Crippen LogP contribution in [0.1, 0.15) is 44.7 Å². The van der Waals surface area contributed by atoms with Crippen LogP contribution in [0.15, 0.2) is 17.1 Å². The number of oxazole rings is 1. The zero-order valence-corrected chi connectivity index (χ0v) is 9.41. The van der Waals surface area contributed by atoms with Gasteiger partial charge in [-0.1, -0.05) is 26.2 Å². The molecule has 1 aromatic heterocycles. The Morgan fingerprint density at radius 3 is 3.20 bits per heavy atom. The lowest BCUT2D eigenvalue weighted by molar-refractivity contribution is 0.278. The maximum absolute atomic E-state index is 4.95. The summed E-state index contributed by atoms with van der Waals surface area (Å²) in [5.74, 6) is 0.925. The minimum absolute atomic E-state index is 0.681. The van der Waals surface area contributed by atoms with Gasteiger partial charge < -0.3 is 9.73 Å². The quantitative estimate of drug-likeness (QED) is 0.826. The molecule has 1 fully saturated rings. The zero-order chi connectivity index (χ0) is 10.5. The third-order valence-electron chi connectivity index (χ3n) is 3.42. The van der Waals surface area contributed by atoms with Crippen molar-refractivity contribution in [3.05, 3.63) is 18.4 Å². The van der Waals surface area contributed by atoms with E-state index in [2.05, 4.69) is 17.2 Å². The summed E-state index contributed by atoms with van der Waals surface area (Å²) in [7, 11) is 0. The Bertz CT molecular complexity index is 271. The summed E-state index contributed by atoms with van der Waals surface area (Å²) in [5.41, 5.74) is 1.01. The molecule has 15 heavy (non-hydrogen) atoms. The van der Waals surface area contributed by atoms with Gasteiger partial charge in [-0.2, -0.15) is 0 Å². The van der Waals surface area contributed by atoms with E-state index in [1.807, 2.05) is 0 Å². The molecule has 0 radical (unpaired) electrons. The molecule has 1 aliphatic carbocycles. The van der Waals surface area contributed by atoms with E-state index >= 15 is 0 Å². The molecule has 3 nitrogen and oxygen atoms in total. The van der Waals surface area contributed by atoms with Crippen LogP contribution >= 0.6 is 0 Å². The van der Waals surface area contributed by atoms with Gasteiger partial charge in [0.25, 0.3) is 0 Å². The van der Waals surface area contributed by atoms with Crippen molar-refractivity contribution >= 4 is 0 Å². The fourth-order valence-electron chi connectivity index (χ4n) is 2.42. The van der Waals surface area contributed by atoms with Crippen LogP contribution in [0.4, 0.5) is 0 Å². The Hall–Kier alpha value is -0.830. The predicted octanol–water partition coefficient (Wildman–Crippen LogP) is 2.73. The first kappa shape index (κ1) is 10.7. The molecule has 0 saturated heterocycles. The smallest absolute Gasteiger partial charge is 0.180 e. The molecule has 1 N–H and O–H groups in total. The van der Waals surface area contributed by atoms with Gasteiger partial charge in [-0.05, 0) is 18.8 Å². The predicted molar refractivity (Wildman–Crippen MR) is 59.4 cm³/mol. The summed E-state index contributed by atoms with van der Waals surface area (Å²) in [6.45, 7) is 3.14. The van der Waals surface area contributed by atoms with Gasteiger partial charge in [0.15, 0.2) is 6.39 Å². The monoisotopic (exact) mass is 208 g/mol. The number of nitrogens with zero attached hydrogens (tertiary/aromatic N) is 1. The molecule has 0 amide bonds. The minimum Gasteiger partial charge on any atom is -0.451 e. The number of hydrogen-bond acceptors (Lipinski definition) is 3. The number of hydrogen-bond donors (Lipinski definition) is 1. The molecule has 1 heterocycles. The summed E-state index contributed by atoms with van der Waals surface area (Å²) in [6.07, 6.45) is 9.96. The van der Waals surface area contributed by atoms with E-state index < -0.39 is 0 Å². The Balaban J connectivity index is 1.74. The van der Waals surface area contributed by atoms with Crippen molar-refractivity contribution < 1.29 is 4.42 Å². The second-order valence-electron chi connectivity index (χ2n) is 4.50. The Morgan fingerprint density at radius 2 is 2.47 bits per heavy atom. The van der Waals surface area contributed by atoms with Crippen molar-refractivity contribution in [1.82, 2.24) is 10.3 Å². The van der Waals surface area contributed by atoms with Crippen LogP contribution in [-0.4, -0.2) is 11.0 Å². The SMILES string of the molecule is CCC1CCCC(NCc2cocn2)C1. The van der Waals surface area contributed by atoms with Crippen LogP contribution in [0.3, 0.4) is 0 Å². The summed E-state index contributed by atoms with van der Waals surface area (Å²) >= 11 is 0. The van der Waals surface area contributed by atoms with Gasteiger partial charge in [0.2, 0.25) is 0 Å². The molecular weight excluding hydrogens is 188 g/mol. The fraction of sp³-hybridized carbons (Fsp3) is 0.750. The number of nitrogens with one attached hydrogen (secondary N) is 1. The molecule has 1 aliphatic rings. The van der Waals surface area contributed by atoms with Crippen LogP contribution in [0.25, 0.3) is 0 Å².